The molecule has 0 radical (unpaired) electrons. The number of carbonyl (C=O) groups is 3. The van der Waals surface area contributed by atoms with Gasteiger partial charge in [-0.05, 0) is 24.6 Å². The molecule has 108 valence electrons. The zero-order valence-corrected chi connectivity index (χ0v) is 12.2. The minimum atomic E-state index is -1.09. The van der Waals surface area contributed by atoms with Crippen LogP contribution in [0.1, 0.15) is 25.5 Å². The molecule has 1 amide bonds. The van der Waals surface area contributed by atoms with Gasteiger partial charge < -0.3 is 10.1 Å². The predicted octanol–water partition coefficient (Wildman–Crippen LogP) is 1.90. The number of halogens is 1. The average Bonchev–Trinajstić information content (AvgIpc) is 2.37. The Morgan fingerprint density at radius 2 is 1.70 bits per heavy atom. The lowest BCUT2D eigenvalue weighted by molar-refractivity contribution is -0.150. The molecular formula is C14H16ClNO4. The molecule has 1 aromatic carbocycles. The maximum Gasteiger partial charge on any atom is 0.318 e. The van der Waals surface area contributed by atoms with Gasteiger partial charge in [-0.15, -0.1) is 0 Å². The summed E-state index contributed by atoms with van der Waals surface area (Å²) in [7, 11) is 1.20. The molecule has 5 nitrogen and oxygen atoms in total. The normalized spacial score (nSPS) is 13.2. The van der Waals surface area contributed by atoms with Crippen LogP contribution in [-0.2, 0) is 19.1 Å². The molecule has 2 atom stereocenters. The van der Waals surface area contributed by atoms with Crippen molar-refractivity contribution in [1.82, 2.24) is 5.32 Å². The van der Waals surface area contributed by atoms with E-state index in [-0.39, 0.29) is 11.7 Å². The van der Waals surface area contributed by atoms with E-state index in [0.717, 1.165) is 0 Å². The summed E-state index contributed by atoms with van der Waals surface area (Å²) in [6.07, 6.45) is 0. The van der Waals surface area contributed by atoms with Crippen LogP contribution in [-0.4, -0.2) is 24.8 Å². The zero-order chi connectivity index (χ0) is 15.3. The van der Waals surface area contributed by atoms with E-state index >= 15 is 0 Å². The highest BCUT2D eigenvalue weighted by molar-refractivity contribution is 6.30. The molecule has 0 aliphatic rings. The number of benzene rings is 1. The number of hydrogen-bond acceptors (Lipinski definition) is 4. The Bertz CT molecular complexity index is 512. The molecule has 6 heteroatoms. The van der Waals surface area contributed by atoms with Crippen LogP contribution in [0.2, 0.25) is 5.02 Å². The summed E-state index contributed by atoms with van der Waals surface area (Å²) in [6, 6.07) is 5.78. The second-order valence-electron chi connectivity index (χ2n) is 4.34. The van der Waals surface area contributed by atoms with E-state index in [9.17, 15) is 14.4 Å². The summed E-state index contributed by atoms with van der Waals surface area (Å²) in [5.41, 5.74) is 0.607. The quantitative estimate of drug-likeness (QED) is 0.665. The van der Waals surface area contributed by atoms with Crippen molar-refractivity contribution in [1.29, 1.82) is 0 Å². The maximum absolute atomic E-state index is 11.8. The molecule has 0 aliphatic heterocycles. The van der Waals surface area contributed by atoms with Crippen LogP contribution in [0.4, 0.5) is 0 Å². The number of carbonyl (C=O) groups excluding carboxylic acids is 3. The van der Waals surface area contributed by atoms with Gasteiger partial charge in [0.2, 0.25) is 5.91 Å². The largest absolute Gasteiger partial charge is 0.468 e. The second kappa shape index (κ2) is 7.05. The van der Waals surface area contributed by atoms with Gasteiger partial charge in [-0.3, -0.25) is 14.4 Å². The van der Waals surface area contributed by atoms with Gasteiger partial charge in [-0.25, -0.2) is 0 Å². The van der Waals surface area contributed by atoms with E-state index in [4.69, 9.17) is 11.6 Å². The number of ketones is 1. The third-order valence-electron chi connectivity index (χ3n) is 2.81. The fourth-order valence-electron chi connectivity index (χ4n) is 1.91. The van der Waals surface area contributed by atoms with Crippen molar-refractivity contribution in [2.75, 3.05) is 7.11 Å². The fourth-order valence-corrected chi connectivity index (χ4v) is 2.04. The van der Waals surface area contributed by atoms with Gasteiger partial charge in [-0.2, -0.15) is 0 Å². The molecule has 0 bridgehead atoms. The predicted molar refractivity (Wildman–Crippen MR) is 74.2 cm³/mol. The lowest BCUT2D eigenvalue weighted by Gasteiger charge is -2.24. The second-order valence-corrected chi connectivity index (χ2v) is 4.78. The Kier molecular flexibility index (Phi) is 5.70. The Balaban J connectivity index is 3.21. The van der Waals surface area contributed by atoms with Crippen LogP contribution in [0.15, 0.2) is 24.3 Å². The first-order valence-corrected chi connectivity index (χ1v) is 6.35. The van der Waals surface area contributed by atoms with Crippen LogP contribution >= 0.6 is 11.6 Å². The van der Waals surface area contributed by atoms with Crippen molar-refractivity contribution in [2.24, 2.45) is 5.92 Å². The number of rotatable bonds is 5. The molecule has 20 heavy (non-hydrogen) atoms. The lowest BCUT2D eigenvalue weighted by atomic mass is 9.90. The van der Waals surface area contributed by atoms with E-state index < -0.39 is 17.9 Å². The number of Topliss-reactive ketones (excluding diaryl/α,β-unsaturated/α-hetero) is 1. The Morgan fingerprint density at radius 3 is 2.10 bits per heavy atom. The molecule has 0 aliphatic carbocycles. The molecule has 0 unspecified atom stereocenters. The van der Waals surface area contributed by atoms with Gasteiger partial charge >= 0.3 is 5.97 Å². The number of ether oxygens (including phenoxy) is 1. The number of nitrogens with one attached hydrogen (secondary N) is 1. The fraction of sp³-hybridized carbons (Fsp3) is 0.357. The standard InChI is InChI=1S/C14H16ClNO4/c1-8(17)12(14(19)20-3)13(16-9(2)18)10-4-6-11(15)7-5-10/h4-7,12-13H,1-3H3,(H,16,18)/t12-,13+/m0/s1. The Morgan fingerprint density at radius 1 is 1.15 bits per heavy atom. The lowest BCUT2D eigenvalue weighted by Crippen LogP contribution is -2.39. The van der Waals surface area contributed by atoms with Crippen molar-refractivity contribution >= 4 is 29.3 Å². The van der Waals surface area contributed by atoms with Crippen LogP contribution in [0.5, 0.6) is 0 Å². The summed E-state index contributed by atoms with van der Waals surface area (Å²) in [6.45, 7) is 2.60. The topological polar surface area (TPSA) is 72.5 Å². The van der Waals surface area contributed by atoms with E-state index in [1.165, 1.54) is 21.0 Å². The monoisotopic (exact) mass is 297 g/mol. The van der Waals surface area contributed by atoms with Crippen molar-refractivity contribution in [2.45, 2.75) is 19.9 Å². The Labute approximate surface area is 122 Å². The first kappa shape index (κ1) is 16.2. The van der Waals surface area contributed by atoms with Gasteiger partial charge in [0.05, 0.1) is 13.2 Å². The Hall–Kier alpha value is -1.88. The van der Waals surface area contributed by atoms with Crippen LogP contribution in [0, 0.1) is 5.92 Å². The molecule has 1 rings (SSSR count). The number of methoxy groups -OCH3 is 1. The zero-order valence-electron chi connectivity index (χ0n) is 11.5. The summed E-state index contributed by atoms with van der Waals surface area (Å²) in [4.78, 5) is 34.9. The van der Waals surface area contributed by atoms with Crippen LogP contribution in [0.3, 0.4) is 0 Å². The summed E-state index contributed by atoms with van der Waals surface area (Å²) in [5.74, 6) is -2.51. The highest BCUT2D eigenvalue weighted by Gasteiger charge is 2.35. The van der Waals surface area contributed by atoms with E-state index in [1.807, 2.05) is 0 Å². The highest BCUT2D eigenvalue weighted by Crippen LogP contribution is 2.25. The van der Waals surface area contributed by atoms with Crippen molar-refractivity contribution in [3.05, 3.63) is 34.9 Å². The average molecular weight is 298 g/mol. The smallest absolute Gasteiger partial charge is 0.318 e. The van der Waals surface area contributed by atoms with Crippen LogP contribution in [0.25, 0.3) is 0 Å². The minimum absolute atomic E-state index is 0.347. The minimum Gasteiger partial charge on any atom is -0.468 e. The summed E-state index contributed by atoms with van der Waals surface area (Å²) >= 11 is 5.81. The van der Waals surface area contributed by atoms with E-state index in [0.29, 0.717) is 10.6 Å². The van der Waals surface area contributed by atoms with Crippen molar-refractivity contribution in [3.63, 3.8) is 0 Å². The highest BCUT2D eigenvalue weighted by atomic mass is 35.5. The molecule has 0 fully saturated rings. The molecule has 0 spiro atoms. The first-order valence-electron chi connectivity index (χ1n) is 5.97. The molecule has 0 saturated carbocycles. The molecular weight excluding hydrogens is 282 g/mol. The van der Waals surface area contributed by atoms with E-state index in [1.54, 1.807) is 24.3 Å². The SMILES string of the molecule is COC(=O)[C@@H](C(C)=O)[C@H](NC(C)=O)c1ccc(Cl)cc1. The molecule has 1 N–H and O–H groups in total. The summed E-state index contributed by atoms with van der Waals surface area (Å²) < 4.78 is 4.64. The van der Waals surface area contributed by atoms with Crippen molar-refractivity contribution in [3.8, 4) is 0 Å². The number of hydrogen-bond donors (Lipinski definition) is 1. The van der Waals surface area contributed by atoms with Gasteiger partial charge in [0.25, 0.3) is 0 Å². The molecule has 0 heterocycles. The molecule has 1 aromatic rings. The van der Waals surface area contributed by atoms with Crippen LogP contribution < -0.4 is 5.32 Å². The third-order valence-corrected chi connectivity index (χ3v) is 3.07. The first-order chi connectivity index (χ1) is 9.36. The molecule has 0 saturated heterocycles. The molecule has 0 aromatic heterocycles. The number of esters is 1. The van der Waals surface area contributed by atoms with Gasteiger partial charge in [-0.1, -0.05) is 23.7 Å². The maximum atomic E-state index is 11.8. The van der Waals surface area contributed by atoms with Crippen molar-refractivity contribution < 1.29 is 19.1 Å². The van der Waals surface area contributed by atoms with E-state index in [2.05, 4.69) is 10.1 Å². The number of amides is 1. The van der Waals surface area contributed by atoms with Gasteiger partial charge in [0.1, 0.15) is 11.7 Å². The third kappa shape index (κ3) is 4.06. The summed E-state index contributed by atoms with van der Waals surface area (Å²) in [5, 5.41) is 3.13. The van der Waals surface area contributed by atoms with Gasteiger partial charge in [0, 0.05) is 11.9 Å². The van der Waals surface area contributed by atoms with Gasteiger partial charge in [0.15, 0.2) is 0 Å².